The number of hydrogen-bond donors (Lipinski definition) is 2. The highest BCUT2D eigenvalue weighted by atomic mass is 32.1. The Kier molecular flexibility index (Phi) is 4.43. The Bertz CT molecular complexity index is 332. The van der Waals surface area contributed by atoms with Crippen LogP contribution in [0.25, 0.3) is 0 Å². The van der Waals surface area contributed by atoms with Gasteiger partial charge in [0.15, 0.2) is 0 Å². The summed E-state index contributed by atoms with van der Waals surface area (Å²) in [6, 6.07) is 0.184. The summed E-state index contributed by atoms with van der Waals surface area (Å²) in [5.41, 5.74) is 4.01. The summed E-state index contributed by atoms with van der Waals surface area (Å²) in [5.74, 6) is 5.65. The lowest BCUT2D eigenvalue weighted by Crippen LogP contribution is -2.58. The number of thiazole rings is 1. The third kappa shape index (κ3) is 3.01. The fourth-order valence-electron chi connectivity index (χ4n) is 1.54. The smallest absolute Gasteiger partial charge is 0.0897 e. The van der Waals surface area contributed by atoms with Gasteiger partial charge < -0.3 is 4.90 Å². The molecule has 1 rings (SSSR count). The van der Waals surface area contributed by atoms with Gasteiger partial charge in [-0.05, 0) is 34.9 Å². The lowest BCUT2D eigenvalue weighted by Gasteiger charge is -2.39. The van der Waals surface area contributed by atoms with Gasteiger partial charge in [-0.15, -0.1) is 11.3 Å². The zero-order valence-electron chi connectivity index (χ0n) is 10.7. The molecule has 16 heavy (non-hydrogen) atoms. The van der Waals surface area contributed by atoms with Gasteiger partial charge in [0.2, 0.25) is 0 Å². The molecule has 0 aliphatic heterocycles. The van der Waals surface area contributed by atoms with Crippen LogP contribution in [0.1, 0.15) is 24.5 Å². The largest absolute Gasteiger partial charge is 0.303 e. The summed E-state index contributed by atoms with van der Waals surface area (Å²) in [5, 5.41) is 3.21. The van der Waals surface area contributed by atoms with Gasteiger partial charge >= 0.3 is 0 Å². The average Bonchev–Trinajstić information content (AvgIpc) is 2.60. The summed E-state index contributed by atoms with van der Waals surface area (Å²) >= 11 is 1.68. The summed E-state index contributed by atoms with van der Waals surface area (Å²) < 4.78 is 0. The molecule has 5 heteroatoms. The van der Waals surface area contributed by atoms with Crippen LogP contribution < -0.4 is 11.3 Å². The predicted octanol–water partition coefficient (Wildman–Crippen LogP) is 1.17. The Labute approximate surface area is 102 Å². The number of nitrogens with two attached hydrogens (primary N) is 1. The Morgan fingerprint density at radius 2 is 2.19 bits per heavy atom. The molecule has 1 atom stereocenters. The van der Waals surface area contributed by atoms with E-state index >= 15 is 0 Å². The fourth-order valence-corrected chi connectivity index (χ4v) is 2.16. The molecular formula is C11H22N4S. The van der Waals surface area contributed by atoms with E-state index in [1.165, 1.54) is 0 Å². The van der Waals surface area contributed by atoms with Crippen molar-refractivity contribution >= 4 is 11.3 Å². The molecule has 1 unspecified atom stereocenters. The van der Waals surface area contributed by atoms with E-state index < -0.39 is 0 Å². The molecule has 1 aromatic rings. The number of nitrogens with zero attached hydrogens (tertiary/aromatic N) is 2. The second-order valence-electron chi connectivity index (χ2n) is 4.83. The Morgan fingerprint density at radius 3 is 2.56 bits per heavy atom. The van der Waals surface area contributed by atoms with Crippen molar-refractivity contribution in [2.45, 2.75) is 38.8 Å². The molecule has 0 spiro atoms. The van der Waals surface area contributed by atoms with Crippen molar-refractivity contribution in [1.82, 2.24) is 15.3 Å². The van der Waals surface area contributed by atoms with Crippen LogP contribution in [-0.2, 0) is 6.42 Å². The van der Waals surface area contributed by atoms with Crippen LogP contribution in [-0.4, -0.2) is 35.6 Å². The van der Waals surface area contributed by atoms with Crippen molar-refractivity contribution in [3.63, 3.8) is 0 Å². The highest BCUT2D eigenvalue weighted by molar-refractivity contribution is 7.09. The molecule has 0 radical (unpaired) electrons. The highest BCUT2D eigenvalue weighted by Gasteiger charge is 2.31. The lowest BCUT2D eigenvalue weighted by molar-refractivity contribution is 0.137. The topological polar surface area (TPSA) is 54.2 Å². The van der Waals surface area contributed by atoms with Crippen molar-refractivity contribution in [2.75, 3.05) is 14.1 Å². The maximum absolute atomic E-state index is 5.65. The molecule has 0 aromatic carbocycles. The first-order valence-electron chi connectivity index (χ1n) is 5.42. The molecule has 92 valence electrons. The number of nitrogens with one attached hydrogen (secondary N) is 1. The second-order valence-corrected chi connectivity index (χ2v) is 5.89. The number of hydrogen-bond acceptors (Lipinski definition) is 5. The van der Waals surface area contributed by atoms with E-state index in [9.17, 15) is 0 Å². The number of hydrazine groups is 1. The predicted molar refractivity (Wildman–Crippen MR) is 69.4 cm³/mol. The lowest BCUT2D eigenvalue weighted by atomic mass is 9.90. The molecule has 0 saturated carbocycles. The minimum Gasteiger partial charge on any atom is -0.303 e. The van der Waals surface area contributed by atoms with Gasteiger partial charge in [-0.3, -0.25) is 11.3 Å². The Balaban J connectivity index is 2.76. The van der Waals surface area contributed by atoms with Gasteiger partial charge in [0, 0.05) is 23.4 Å². The number of rotatable bonds is 5. The van der Waals surface area contributed by atoms with Crippen molar-refractivity contribution in [2.24, 2.45) is 5.84 Å². The Hall–Kier alpha value is -0.490. The zero-order valence-corrected chi connectivity index (χ0v) is 11.6. The molecular weight excluding hydrogens is 220 g/mol. The SMILES string of the molecule is Cc1nc(CC(NN)C(C)(C)N(C)C)cs1. The van der Waals surface area contributed by atoms with Gasteiger partial charge in [-0.25, -0.2) is 4.98 Å². The van der Waals surface area contributed by atoms with Crippen LogP contribution in [0.4, 0.5) is 0 Å². The first-order valence-corrected chi connectivity index (χ1v) is 6.30. The zero-order chi connectivity index (χ0) is 12.3. The van der Waals surface area contributed by atoms with Crippen LogP contribution in [0.15, 0.2) is 5.38 Å². The fraction of sp³-hybridized carbons (Fsp3) is 0.727. The van der Waals surface area contributed by atoms with E-state index in [1.807, 2.05) is 6.92 Å². The molecule has 3 N–H and O–H groups in total. The number of likely N-dealkylation sites (N-methyl/N-ethyl adjacent to an activating group) is 1. The molecule has 0 saturated heterocycles. The molecule has 4 nitrogen and oxygen atoms in total. The van der Waals surface area contributed by atoms with Crippen molar-refractivity contribution in [1.29, 1.82) is 0 Å². The molecule has 0 aliphatic carbocycles. The van der Waals surface area contributed by atoms with E-state index in [2.05, 4.69) is 48.6 Å². The van der Waals surface area contributed by atoms with Crippen molar-refractivity contribution in [3.8, 4) is 0 Å². The van der Waals surface area contributed by atoms with E-state index in [1.54, 1.807) is 11.3 Å². The van der Waals surface area contributed by atoms with Crippen molar-refractivity contribution < 1.29 is 0 Å². The summed E-state index contributed by atoms with van der Waals surface area (Å²) in [7, 11) is 4.13. The van der Waals surface area contributed by atoms with Gasteiger partial charge in [0.25, 0.3) is 0 Å². The van der Waals surface area contributed by atoms with E-state index in [0.29, 0.717) is 0 Å². The quantitative estimate of drug-likeness (QED) is 0.601. The van der Waals surface area contributed by atoms with E-state index in [0.717, 1.165) is 17.1 Å². The summed E-state index contributed by atoms with van der Waals surface area (Å²) in [6.07, 6.45) is 0.853. The van der Waals surface area contributed by atoms with Crippen LogP contribution in [0.3, 0.4) is 0 Å². The molecule has 0 bridgehead atoms. The van der Waals surface area contributed by atoms with Crippen LogP contribution in [0.5, 0.6) is 0 Å². The third-order valence-electron chi connectivity index (χ3n) is 3.29. The number of aromatic nitrogens is 1. The first-order chi connectivity index (χ1) is 7.37. The third-order valence-corrected chi connectivity index (χ3v) is 4.11. The van der Waals surface area contributed by atoms with Crippen LogP contribution in [0, 0.1) is 6.92 Å². The monoisotopic (exact) mass is 242 g/mol. The Morgan fingerprint density at radius 1 is 1.56 bits per heavy atom. The molecule has 0 amide bonds. The van der Waals surface area contributed by atoms with Gasteiger partial charge in [-0.1, -0.05) is 0 Å². The van der Waals surface area contributed by atoms with Crippen LogP contribution >= 0.6 is 11.3 Å². The van der Waals surface area contributed by atoms with Crippen molar-refractivity contribution in [3.05, 3.63) is 16.1 Å². The highest BCUT2D eigenvalue weighted by Crippen LogP contribution is 2.20. The van der Waals surface area contributed by atoms with Gasteiger partial charge in [0.05, 0.1) is 10.7 Å². The standard InChI is InChI=1S/C11H22N4S/c1-8-13-9(7-16-8)6-10(14-12)11(2,3)15(4)5/h7,10,14H,6,12H2,1-5H3. The maximum atomic E-state index is 5.65. The first kappa shape index (κ1) is 13.6. The molecule has 0 fully saturated rings. The van der Waals surface area contributed by atoms with E-state index in [-0.39, 0.29) is 11.6 Å². The molecule has 1 aromatic heterocycles. The van der Waals surface area contributed by atoms with Gasteiger partial charge in [-0.2, -0.15) is 0 Å². The average molecular weight is 242 g/mol. The minimum absolute atomic E-state index is 0.00767. The number of aryl methyl sites for hydroxylation is 1. The van der Waals surface area contributed by atoms with Crippen LogP contribution in [0.2, 0.25) is 0 Å². The molecule has 0 aliphatic rings. The summed E-state index contributed by atoms with van der Waals surface area (Å²) in [6.45, 7) is 6.38. The summed E-state index contributed by atoms with van der Waals surface area (Å²) in [4.78, 5) is 6.65. The second kappa shape index (κ2) is 5.23. The minimum atomic E-state index is -0.00767. The normalized spacial score (nSPS) is 14.4. The van der Waals surface area contributed by atoms with Gasteiger partial charge in [0.1, 0.15) is 0 Å². The van der Waals surface area contributed by atoms with E-state index in [4.69, 9.17) is 5.84 Å². The maximum Gasteiger partial charge on any atom is 0.0897 e. The molecule has 1 heterocycles.